The molecule has 2 N–H and O–H groups in total. The third-order valence-corrected chi connectivity index (χ3v) is 3.06. The van der Waals surface area contributed by atoms with E-state index in [4.69, 9.17) is 0 Å². The Hall–Kier alpha value is -2.56. The Kier molecular flexibility index (Phi) is 2.41. The fourth-order valence-corrected chi connectivity index (χ4v) is 2.17. The molecule has 0 atom stereocenters. The van der Waals surface area contributed by atoms with Gasteiger partial charge in [0.05, 0.1) is 0 Å². The highest BCUT2D eigenvalue weighted by molar-refractivity contribution is 5.93. The lowest BCUT2D eigenvalue weighted by molar-refractivity contribution is 0.404. The highest BCUT2D eigenvalue weighted by Crippen LogP contribution is 2.34. The topological polar surface area (TPSA) is 58.3 Å². The summed E-state index contributed by atoms with van der Waals surface area (Å²) in [5.41, 5.74) is 1.59. The molecule has 0 saturated heterocycles. The van der Waals surface area contributed by atoms with E-state index in [9.17, 15) is 14.6 Å². The van der Waals surface area contributed by atoms with Gasteiger partial charge in [0.15, 0.2) is 11.5 Å². The van der Waals surface area contributed by atoms with E-state index in [0.29, 0.717) is 22.2 Å². The molecule has 3 aromatic rings. The van der Waals surface area contributed by atoms with Gasteiger partial charge in [-0.3, -0.25) is 4.68 Å². The predicted molar refractivity (Wildman–Crippen MR) is 69.4 cm³/mol. The smallest absolute Gasteiger partial charge is 0.158 e. The van der Waals surface area contributed by atoms with Crippen molar-refractivity contribution in [2.75, 3.05) is 0 Å². The van der Waals surface area contributed by atoms with Gasteiger partial charge >= 0.3 is 0 Å². The van der Waals surface area contributed by atoms with E-state index < -0.39 is 0 Å². The van der Waals surface area contributed by atoms with E-state index >= 15 is 0 Å². The minimum absolute atomic E-state index is 0.199. The number of aryl methyl sites for hydroxylation is 1. The number of aromatic hydroxyl groups is 2. The first-order chi connectivity index (χ1) is 9.08. The summed E-state index contributed by atoms with van der Waals surface area (Å²) in [7, 11) is 1.66. The molecule has 0 aliphatic rings. The van der Waals surface area contributed by atoms with Gasteiger partial charge in [-0.15, -0.1) is 0 Å². The van der Waals surface area contributed by atoms with Gasteiger partial charge in [-0.2, -0.15) is 5.10 Å². The maximum atomic E-state index is 13.8. The SMILES string of the molecule is Cn1nc(-c2ccc(O)c(O)c2)c2cccc(F)c21. The molecule has 0 radical (unpaired) electrons. The number of hydrogen-bond acceptors (Lipinski definition) is 3. The Morgan fingerprint density at radius 2 is 1.89 bits per heavy atom. The number of phenolic OH excluding ortho intramolecular Hbond substituents is 2. The Labute approximate surface area is 108 Å². The Morgan fingerprint density at radius 3 is 2.63 bits per heavy atom. The van der Waals surface area contributed by atoms with Crippen molar-refractivity contribution in [3.8, 4) is 22.8 Å². The standard InChI is InChI=1S/C14H11FN2O2/c1-17-14-9(3-2-4-10(14)15)13(16-17)8-5-6-11(18)12(19)7-8/h2-7,18-19H,1H3. The maximum absolute atomic E-state index is 13.8. The number of fused-ring (bicyclic) bond motifs is 1. The van der Waals surface area contributed by atoms with Gasteiger partial charge in [0.1, 0.15) is 17.0 Å². The van der Waals surface area contributed by atoms with Crippen molar-refractivity contribution in [3.05, 3.63) is 42.2 Å². The van der Waals surface area contributed by atoms with E-state index in [1.807, 2.05) is 0 Å². The number of nitrogens with zero attached hydrogens (tertiary/aromatic N) is 2. The van der Waals surface area contributed by atoms with Crippen molar-refractivity contribution in [1.82, 2.24) is 9.78 Å². The monoisotopic (exact) mass is 258 g/mol. The second kappa shape index (κ2) is 3.98. The van der Waals surface area contributed by atoms with Crippen molar-refractivity contribution < 1.29 is 14.6 Å². The molecule has 0 aliphatic carbocycles. The van der Waals surface area contributed by atoms with Gasteiger partial charge in [-0.25, -0.2) is 4.39 Å². The molecule has 19 heavy (non-hydrogen) atoms. The third-order valence-electron chi connectivity index (χ3n) is 3.06. The first kappa shape index (κ1) is 11.5. The van der Waals surface area contributed by atoms with Crippen LogP contribution >= 0.6 is 0 Å². The fourth-order valence-electron chi connectivity index (χ4n) is 2.17. The molecule has 0 unspecified atom stereocenters. The molecule has 1 aromatic heterocycles. The Balaban J connectivity index is 2.31. The zero-order valence-electron chi connectivity index (χ0n) is 10.1. The van der Waals surface area contributed by atoms with E-state index in [2.05, 4.69) is 5.10 Å². The van der Waals surface area contributed by atoms with Crippen LogP contribution in [0.5, 0.6) is 11.5 Å². The van der Waals surface area contributed by atoms with E-state index in [-0.39, 0.29) is 17.3 Å². The Morgan fingerprint density at radius 1 is 1.11 bits per heavy atom. The van der Waals surface area contributed by atoms with Gasteiger partial charge in [0, 0.05) is 18.0 Å². The summed E-state index contributed by atoms with van der Waals surface area (Å²) in [6.45, 7) is 0. The number of halogens is 1. The molecule has 0 amide bonds. The molecule has 2 aromatic carbocycles. The van der Waals surface area contributed by atoms with Crippen LogP contribution in [0.25, 0.3) is 22.2 Å². The molecular weight excluding hydrogens is 247 g/mol. The quantitative estimate of drug-likeness (QED) is 0.660. The van der Waals surface area contributed by atoms with Crippen LogP contribution in [0.2, 0.25) is 0 Å². The molecule has 3 rings (SSSR count). The van der Waals surface area contributed by atoms with E-state index in [0.717, 1.165) is 0 Å². The molecule has 0 aliphatic heterocycles. The molecule has 96 valence electrons. The van der Waals surface area contributed by atoms with Crippen LogP contribution in [0.4, 0.5) is 4.39 Å². The summed E-state index contributed by atoms with van der Waals surface area (Å²) >= 11 is 0. The minimum atomic E-state index is -0.346. The van der Waals surface area contributed by atoms with Crippen molar-refractivity contribution in [1.29, 1.82) is 0 Å². The lowest BCUT2D eigenvalue weighted by Gasteiger charge is -2.01. The van der Waals surface area contributed by atoms with Crippen LogP contribution in [0, 0.1) is 5.82 Å². The van der Waals surface area contributed by atoms with Gasteiger partial charge in [-0.1, -0.05) is 12.1 Å². The maximum Gasteiger partial charge on any atom is 0.158 e. The highest BCUT2D eigenvalue weighted by atomic mass is 19.1. The number of aromatic nitrogens is 2. The average Bonchev–Trinajstić information content (AvgIpc) is 2.72. The lowest BCUT2D eigenvalue weighted by Crippen LogP contribution is -1.91. The third kappa shape index (κ3) is 1.71. The van der Waals surface area contributed by atoms with Crippen molar-refractivity contribution in [2.24, 2.45) is 7.05 Å². The van der Waals surface area contributed by atoms with Crippen LogP contribution in [0.1, 0.15) is 0 Å². The lowest BCUT2D eigenvalue weighted by atomic mass is 10.1. The molecular formula is C14H11FN2O2. The summed E-state index contributed by atoms with van der Waals surface area (Å²) in [5, 5.41) is 23.8. The second-order valence-electron chi connectivity index (χ2n) is 4.31. The summed E-state index contributed by atoms with van der Waals surface area (Å²) in [4.78, 5) is 0. The molecule has 4 nitrogen and oxygen atoms in total. The van der Waals surface area contributed by atoms with Gasteiger partial charge in [-0.05, 0) is 24.3 Å². The molecule has 0 bridgehead atoms. The molecule has 0 fully saturated rings. The highest BCUT2D eigenvalue weighted by Gasteiger charge is 2.14. The van der Waals surface area contributed by atoms with Crippen LogP contribution in [-0.4, -0.2) is 20.0 Å². The van der Waals surface area contributed by atoms with Crippen molar-refractivity contribution >= 4 is 10.9 Å². The number of hydrogen-bond donors (Lipinski definition) is 2. The van der Waals surface area contributed by atoms with Crippen LogP contribution in [0.15, 0.2) is 36.4 Å². The van der Waals surface area contributed by atoms with E-state index in [1.165, 1.54) is 22.9 Å². The van der Waals surface area contributed by atoms with Gasteiger partial charge in [0.2, 0.25) is 0 Å². The predicted octanol–water partition coefficient (Wildman–Crippen LogP) is 2.79. The molecule has 0 spiro atoms. The summed E-state index contributed by atoms with van der Waals surface area (Å²) in [6.07, 6.45) is 0. The Bertz CT molecular complexity index is 780. The van der Waals surface area contributed by atoms with E-state index in [1.54, 1.807) is 25.2 Å². The van der Waals surface area contributed by atoms with Gasteiger partial charge < -0.3 is 10.2 Å². The van der Waals surface area contributed by atoms with Crippen LogP contribution < -0.4 is 0 Å². The number of phenols is 2. The van der Waals surface area contributed by atoms with Crippen LogP contribution in [0.3, 0.4) is 0 Å². The first-order valence-electron chi connectivity index (χ1n) is 5.71. The number of benzene rings is 2. The largest absolute Gasteiger partial charge is 0.504 e. The summed E-state index contributed by atoms with van der Waals surface area (Å²) in [6, 6.07) is 9.17. The zero-order chi connectivity index (χ0) is 13.6. The minimum Gasteiger partial charge on any atom is -0.504 e. The zero-order valence-corrected chi connectivity index (χ0v) is 10.1. The normalized spacial score (nSPS) is 11.1. The molecule has 5 heteroatoms. The van der Waals surface area contributed by atoms with Crippen molar-refractivity contribution in [2.45, 2.75) is 0 Å². The summed E-state index contributed by atoms with van der Waals surface area (Å²) in [5.74, 6) is -0.773. The molecule has 1 heterocycles. The van der Waals surface area contributed by atoms with Crippen LogP contribution in [-0.2, 0) is 7.05 Å². The summed E-state index contributed by atoms with van der Waals surface area (Å²) < 4.78 is 15.2. The fraction of sp³-hybridized carbons (Fsp3) is 0.0714. The van der Waals surface area contributed by atoms with Gasteiger partial charge in [0.25, 0.3) is 0 Å². The van der Waals surface area contributed by atoms with Crippen molar-refractivity contribution in [3.63, 3.8) is 0 Å². The number of para-hydroxylation sites is 1. The first-order valence-corrected chi connectivity index (χ1v) is 5.71. The average molecular weight is 258 g/mol. The molecule has 0 saturated carbocycles. The number of rotatable bonds is 1. The second-order valence-corrected chi connectivity index (χ2v) is 4.31.